The van der Waals surface area contributed by atoms with Gasteiger partial charge in [-0.1, -0.05) is 133 Å². The Labute approximate surface area is 303 Å². The molecular formula is C48H29N3S. The lowest BCUT2D eigenvalue weighted by atomic mass is 9.93. The predicted molar refractivity (Wildman–Crippen MR) is 221 cm³/mol. The highest BCUT2D eigenvalue weighted by Gasteiger charge is 2.21. The van der Waals surface area contributed by atoms with Gasteiger partial charge in [0, 0.05) is 36.5 Å². The highest BCUT2D eigenvalue weighted by atomic mass is 32.1. The number of hydrogen-bond donors (Lipinski definition) is 0. The summed E-state index contributed by atoms with van der Waals surface area (Å²) >= 11 is 1.85. The summed E-state index contributed by atoms with van der Waals surface area (Å²) in [7, 11) is 0. The zero-order valence-electron chi connectivity index (χ0n) is 28.0. The Bertz CT molecular complexity index is 3180. The summed E-state index contributed by atoms with van der Waals surface area (Å²) in [6.07, 6.45) is 0. The molecule has 0 aliphatic heterocycles. The lowest BCUT2D eigenvalue weighted by Gasteiger charge is -2.16. The average Bonchev–Trinajstić information content (AvgIpc) is 3.74. The third-order valence-corrected chi connectivity index (χ3v) is 11.5. The Kier molecular flexibility index (Phi) is 6.42. The van der Waals surface area contributed by atoms with Gasteiger partial charge in [0.05, 0.1) is 22.1 Å². The van der Waals surface area contributed by atoms with E-state index in [2.05, 4.69) is 180 Å². The van der Waals surface area contributed by atoms with Crippen LogP contribution in [0.5, 0.6) is 0 Å². The molecule has 0 saturated carbocycles. The molecule has 3 aromatic heterocycles. The first-order valence-electron chi connectivity index (χ1n) is 17.6. The van der Waals surface area contributed by atoms with E-state index in [1.165, 1.54) is 47.3 Å². The minimum Gasteiger partial charge on any atom is -0.292 e. The molecule has 0 aliphatic rings. The van der Waals surface area contributed by atoms with Crippen LogP contribution < -0.4 is 0 Å². The second kappa shape index (κ2) is 11.5. The standard InChI is InChI=1S/C48H29N3S/c1-3-13-30(14-4-1)38-28-42-41(29-39(38)34-23-24-37-36-20-10-12-22-45(36)52-46(37)27-34)49-47(31-15-5-2-6-16-31)48(50-42)51-43-21-11-9-19-35(43)40-25-32-17-7-8-18-33(32)26-44(40)51/h1-29H. The Hall–Kier alpha value is -6.62. The van der Waals surface area contributed by atoms with Gasteiger partial charge in [-0.3, -0.25) is 4.57 Å². The molecular weight excluding hydrogens is 651 g/mol. The molecule has 0 unspecified atom stereocenters. The highest BCUT2D eigenvalue weighted by molar-refractivity contribution is 7.25. The summed E-state index contributed by atoms with van der Waals surface area (Å²) in [5.41, 5.74) is 10.4. The fourth-order valence-corrected chi connectivity index (χ4v) is 9.06. The van der Waals surface area contributed by atoms with Crippen LogP contribution in [0.15, 0.2) is 176 Å². The minimum absolute atomic E-state index is 0.818. The van der Waals surface area contributed by atoms with Crippen LogP contribution in [0.3, 0.4) is 0 Å². The maximum atomic E-state index is 5.58. The molecule has 0 radical (unpaired) electrons. The number of aromatic nitrogens is 3. The van der Waals surface area contributed by atoms with Crippen molar-refractivity contribution in [1.82, 2.24) is 14.5 Å². The Balaban J connectivity index is 1.22. The summed E-state index contributed by atoms with van der Waals surface area (Å²) in [5, 5.41) is 7.41. The van der Waals surface area contributed by atoms with Crippen molar-refractivity contribution in [3.05, 3.63) is 176 Å². The fraction of sp³-hybridized carbons (Fsp3) is 0. The van der Waals surface area contributed by atoms with Crippen LogP contribution in [0, 0.1) is 0 Å². The van der Waals surface area contributed by atoms with Crippen LogP contribution in [0.4, 0.5) is 0 Å². The molecule has 0 atom stereocenters. The molecule has 0 spiro atoms. The van der Waals surface area contributed by atoms with E-state index in [-0.39, 0.29) is 0 Å². The molecule has 3 heterocycles. The van der Waals surface area contributed by atoms with Crippen molar-refractivity contribution in [2.24, 2.45) is 0 Å². The molecule has 52 heavy (non-hydrogen) atoms. The maximum Gasteiger partial charge on any atom is 0.165 e. The number of para-hydroxylation sites is 1. The van der Waals surface area contributed by atoms with Gasteiger partial charge in [0.25, 0.3) is 0 Å². The van der Waals surface area contributed by atoms with E-state index >= 15 is 0 Å². The van der Waals surface area contributed by atoms with Crippen molar-refractivity contribution >= 4 is 75.1 Å². The number of nitrogens with zero attached hydrogens (tertiary/aromatic N) is 3. The molecule has 0 bridgehead atoms. The molecule has 0 amide bonds. The van der Waals surface area contributed by atoms with Gasteiger partial charge in [0.1, 0.15) is 5.69 Å². The molecule has 11 aromatic rings. The molecule has 11 rings (SSSR count). The van der Waals surface area contributed by atoms with Gasteiger partial charge in [-0.15, -0.1) is 11.3 Å². The molecule has 0 N–H and O–H groups in total. The smallest absolute Gasteiger partial charge is 0.165 e. The Morgan fingerprint density at radius 2 is 1.00 bits per heavy atom. The van der Waals surface area contributed by atoms with E-state index in [9.17, 15) is 0 Å². The Morgan fingerprint density at radius 3 is 1.81 bits per heavy atom. The molecule has 3 nitrogen and oxygen atoms in total. The van der Waals surface area contributed by atoms with E-state index in [4.69, 9.17) is 9.97 Å². The predicted octanol–water partition coefficient (Wildman–Crippen LogP) is 13.2. The van der Waals surface area contributed by atoms with Crippen LogP contribution in [-0.4, -0.2) is 14.5 Å². The molecule has 4 heteroatoms. The average molecular weight is 680 g/mol. The third kappa shape index (κ3) is 4.51. The van der Waals surface area contributed by atoms with Gasteiger partial charge < -0.3 is 0 Å². The normalized spacial score (nSPS) is 11.8. The van der Waals surface area contributed by atoms with Crippen LogP contribution in [0.25, 0.3) is 103 Å². The van der Waals surface area contributed by atoms with E-state index in [1.807, 2.05) is 11.3 Å². The first kappa shape index (κ1) is 29.1. The summed E-state index contributed by atoms with van der Waals surface area (Å²) in [6.45, 7) is 0. The topological polar surface area (TPSA) is 30.7 Å². The number of fused-ring (bicyclic) bond motifs is 8. The highest BCUT2D eigenvalue weighted by Crippen LogP contribution is 2.42. The maximum absolute atomic E-state index is 5.58. The van der Waals surface area contributed by atoms with E-state index in [1.54, 1.807) is 0 Å². The van der Waals surface area contributed by atoms with Crippen molar-refractivity contribution in [2.45, 2.75) is 0 Å². The zero-order valence-corrected chi connectivity index (χ0v) is 28.8. The number of rotatable bonds is 4. The molecule has 0 fully saturated rings. The van der Waals surface area contributed by atoms with Gasteiger partial charge in [0.2, 0.25) is 0 Å². The van der Waals surface area contributed by atoms with E-state index < -0.39 is 0 Å². The second-order valence-corrected chi connectivity index (χ2v) is 14.5. The quantitative estimate of drug-likeness (QED) is 0.185. The van der Waals surface area contributed by atoms with Crippen LogP contribution >= 0.6 is 11.3 Å². The van der Waals surface area contributed by atoms with Crippen LogP contribution in [0.1, 0.15) is 0 Å². The van der Waals surface area contributed by atoms with Gasteiger partial charge in [0.15, 0.2) is 5.82 Å². The lowest BCUT2D eigenvalue weighted by Crippen LogP contribution is -2.04. The first-order chi connectivity index (χ1) is 25.8. The van der Waals surface area contributed by atoms with Gasteiger partial charge in [-0.2, -0.15) is 0 Å². The largest absolute Gasteiger partial charge is 0.292 e. The van der Waals surface area contributed by atoms with Crippen LogP contribution in [-0.2, 0) is 0 Å². The number of thiophene rings is 1. The number of hydrogen-bond acceptors (Lipinski definition) is 3. The van der Waals surface area contributed by atoms with Crippen molar-refractivity contribution in [1.29, 1.82) is 0 Å². The summed E-state index contributed by atoms with van der Waals surface area (Å²) < 4.78 is 4.90. The molecule has 0 aliphatic carbocycles. The van der Waals surface area contributed by atoms with Crippen molar-refractivity contribution in [2.75, 3.05) is 0 Å². The van der Waals surface area contributed by atoms with Gasteiger partial charge in [-0.25, -0.2) is 9.97 Å². The van der Waals surface area contributed by atoms with Crippen LogP contribution in [0.2, 0.25) is 0 Å². The summed E-state index contributed by atoms with van der Waals surface area (Å²) in [6, 6.07) is 63.0. The van der Waals surface area contributed by atoms with E-state index in [0.29, 0.717) is 0 Å². The first-order valence-corrected chi connectivity index (χ1v) is 18.4. The monoisotopic (exact) mass is 679 g/mol. The third-order valence-electron chi connectivity index (χ3n) is 10.4. The van der Waals surface area contributed by atoms with Gasteiger partial charge in [-0.05, 0) is 75.5 Å². The fourth-order valence-electron chi connectivity index (χ4n) is 7.91. The summed E-state index contributed by atoms with van der Waals surface area (Å²) in [4.78, 5) is 11.1. The molecule has 242 valence electrons. The number of benzene rings is 8. The second-order valence-electron chi connectivity index (χ2n) is 13.4. The SMILES string of the molecule is c1ccc(-c2cc3nc(-n4c5ccccc5c5cc6ccccc6cc54)c(-c4ccccc4)nc3cc2-c2ccc3c(c2)sc2ccccc23)cc1. The van der Waals surface area contributed by atoms with E-state index in [0.717, 1.165) is 55.8 Å². The van der Waals surface area contributed by atoms with Gasteiger partial charge >= 0.3 is 0 Å². The molecule has 0 saturated heterocycles. The van der Waals surface area contributed by atoms with Crippen molar-refractivity contribution in [3.8, 4) is 39.3 Å². The Morgan fingerprint density at radius 1 is 0.385 bits per heavy atom. The van der Waals surface area contributed by atoms with Crippen molar-refractivity contribution < 1.29 is 0 Å². The molecule has 8 aromatic carbocycles. The summed E-state index contributed by atoms with van der Waals surface area (Å²) in [5.74, 6) is 0.818. The lowest BCUT2D eigenvalue weighted by molar-refractivity contribution is 1.08. The minimum atomic E-state index is 0.818. The zero-order chi connectivity index (χ0) is 34.2. The van der Waals surface area contributed by atoms with Crippen molar-refractivity contribution in [3.63, 3.8) is 0 Å².